The molecule has 2 rings (SSSR count). The Morgan fingerprint density at radius 2 is 1.95 bits per heavy atom. The molecule has 2 aromatic rings. The average Bonchev–Trinajstić information content (AvgIpc) is 2.48. The zero-order chi connectivity index (χ0) is 14.2. The van der Waals surface area contributed by atoms with Crippen LogP contribution in [0.15, 0.2) is 36.7 Å². The number of rotatable bonds is 7. The average molecular weight is 272 g/mol. The summed E-state index contributed by atoms with van der Waals surface area (Å²) in [6.07, 6.45) is 2.61. The molecule has 20 heavy (non-hydrogen) atoms. The SMILES string of the molecule is CCCNc1cc(Nc2ccccc2COC)ncn1. The highest BCUT2D eigenvalue weighted by Crippen LogP contribution is 2.21. The number of anilines is 3. The lowest BCUT2D eigenvalue weighted by molar-refractivity contribution is 0.185. The molecule has 0 aliphatic heterocycles. The molecule has 0 unspecified atom stereocenters. The molecule has 1 aromatic heterocycles. The van der Waals surface area contributed by atoms with Crippen molar-refractivity contribution in [2.75, 3.05) is 24.3 Å². The van der Waals surface area contributed by atoms with Crippen LogP contribution in [-0.2, 0) is 11.3 Å². The fourth-order valence-electron chi connectivity index (χ4n) is 1.84. The molecule has 2 N–H and O–H groups in total. The number of nitrogens with one attached hydrogen (secondary N) is 2. The van der Waals surface area contributed by atoms with E-state index in [2.05, 4.69) is 27.5 Å². The predicted molar refractivity (Wildman–Crippen MR) is 81.3 cm³/mol. The number of methoxy groups -OCH3 is 1. The summed E-state index contributed by atoms with van der Waals surface area (Å²) in [4.78, 5) is 8.43. The van der Waals surface area contributed by atoms with Gasteiger partial charge in [-0.3, -0.25) is 0 Å². The zero-order valence-corrected chi connectivity index (χ0v) is 11.9. The Morgan fingerprint density at radius 3 is 2.75 bits per heavy atom. The van der Waals surface area contributed by atoms with Gasteiger partial charge in [0.1, 0.15) is 18.0 Å². The molecular formula is C15H20N4O. The normalized spacial score (nSPS) is 10.3. The minimum Gasteiger partial charge on any atom is -0.380 e. The van der Waals surface area contributed by atoms with Crippen molar-refractivity contribution < 1.29 is 4.74 Å². The first-order valence-corrected chi connectivity index (χ1v) is 6.73. The molecule has 0 fully saturated rings. The third-order valence-corrected chi connectivity index (χ3v) is 2.80. The van der Waals surface area contributed by atoms with Crippen LogP contribution in [0.5, 0.6) is 0 Å². The van der Waals surface area contributed by atoms with E-state index in [1.807, 2.05) is 30.3 Å². The Balaban J connectivity index is 2.13. The van der Waals surface area contributed by atoms with Crippen molar-refractivity contribution in [3.8, 4) is 0 Å². The molecule has 0 aliphatic carbocycles. The largest absolute Gasteiger partial charge is 0.380 e. The number of hydrogen-bond acceptors (Lipinski definition) is 5. The number of para-hydroxylation sites is 1. The minimum absolute atomic E-state index is 0.565. The molecule has 1 heterocycles. The van der Waals surface area contributed by atoms with E-state index in [1.165, 1.54) is 0 Å². The maximum atomic E-state index is 5.20. The summed E-state index contributed by atoms with van der Waals surface area (Å²) >= 11 is 0. The number of nitrogens with zero attached hydrogens (tertiary/aromatic N) is 2. The fourth-order valence-corrected chi connectivity index (χ4v) is 1.84. The van der Waals surface area contributed by atoms with Crippen LogP contribution in [0.3, 0.4) is 0 Å². The lowest BCUT2D eigenvalue weighted by Crippen LogP contribution is -2.04. The van der Waals surface area contributed by atoms with Gasteiger partial charge in [0.05, 0.1) is 6.61 Å². The summed E-state index contributed by atoms with van der Waals surface area (Å²) in [5.74, 6) is 1.59. The highest BCUT2D eigenvalue weighted by molar-refractivity contribution is 5.62. The summed E-state index contributed by atoms with van der Waals surface area (Å²) in [6, 6.07) is 9.92. The van der Waals surface area contributed by atoms with Gasteiger partial charge in [-0.05, 0) is 12.5 Å². The summed E-state index contributed by atoms with van der Waals surface area (Å²) in [5, 5.41) is 6.55. The highest BCUT2D eigenvalue weighted by atomic mass is 16.5. The predicted octanol–water partition coefficient (Wildman–Crippen LogP) is 3.19. The number of hydrogen-bond donors (Lipinski definition) is 2. The monoisotopic (exact) mass is 272 g/mol. The Labute approximate surface area is 119 Å². The smallest absolute Gasteiger partial charge is 0.135 e. The van der Waals surface area contributed by atoms with Crippen LogP contribution in [0.4, 0.5) is 17.3 Å². The molecule has 0 saturated heterocycles. The second-order valence-electron chi connectivity index (χ2n) is 4.43. The highest BCUT2D eigenvalue weighted by Gasteiger charge is 2.03. The van der Waals surface area contributed by atoms with Crippen molar-refractivity contribution in [3.05, 3.63) is 42.2 Å². The first-order chi connectivity index (χ1) is 9.83. The van der Waals surface area contributed by atoms with E-state index in [0.29, 0.717) is 6.61 Å². The zero-order valence-electron chi connectivity index (χ0n) is 11.9. The second-order valence-corrected chi connectivity index (χ2v) is 4.43. The maximum absolute atomic E-state index is 5.20. The van der Waals surface area contributed by atoms with Crippen molar-refractivity contribution in [1.82, 2.24) is 9.97 Å². The van der Waals surface area contributed by atoms with E-state index in [0.717, 1.165) is 35.9 Å². The van der Waals surface area contributed by atoms with Crippen molar-refractivity contribution in [2.24, 2.45) is 0 Å². The van der Waals surface area contributed by atoms with E-state index in [1.54, 1.807) is 13.4 Å². The Bertz CT molecular complexity index is 545. The van der Waals surface area contributed by atoms with E-state index >= 15 is 0 Å². The van der Waals surface area contributed by atoms with Crippen LogP contribution >= 0.6 is 0 Å². The maximum Gasteiger partial charge on any atom is 0.135 e. The van der Waals surface area contributed by atoms with E-state index < -0.39 is 0 Å². The van der Waals surface area contributed by atoms with Gasteiger partial charge in [-0.2, -0.15) is 0 Å². The molecule has 0 radical (unpaired) electrons. The van der Waals surface area contributed by atoms with Gasteiger partial charge in [0, 0.05) is 31.0 Å². The van der Waals surface area contributed by atoms with Crippen LogP contribution in [0.2, 0.25) is 0 Å². The molecule has 106 valence electrons. The quantitative estimate of drug-likeness (QED) is 0.810. The van der Waals surface area contributed by atoms with Crippen molar-refractivity contribution in [3.63, 3.8) is 0 Å². The molecule has 5 nitrogen and oxygen atoms in total. The van der Waals surface area contributed by atoms with Gasteiger partial charge in [0.15, 0.2) is 0 Å². The summed E-state index contributed by atoms with van der Waals surface area (Å²) in [6.45, 7) is 3.58. The molecule has 0 saturated carbocycles. The van der Waals surface area contributed by atoms with E-state index in [4.69, 9.17) is 4.74 Å². The van der Waals surface area contributed by atoms with Crippen LogP contribution < -0.4 is 10.6 Å². The Morgan fingerprint density at radius 1 is 1.15 bits per heavy atom. The molecule has 1 aromatic carbocycles. The van der Waals surface area contributed by atoms with Gasteiger partial charge < -0.3 is 15.4 Å². The number of benzene rings is 1. The van der Waals surface area contributed by atoms with Crippen LogP contribution in [0, 0.1) is 0 Å². The van der Waals surface area contributed by atoms with E-state index in [-0.39, 0.29) is 0 Å². The van der Waals surface area contributed by atoms with Gasteiger partial charge in [-0.1, -0.05) is 25.1 Å². The van der Waals surface area contributed by atoms with Crippen molar-refractivity contribution in [2.45, 2.75) is 20.0 Å². The van der Waals surface area contributed by atoms with Gasteiger partial charge in [0.2, 0.25) is 0 Å². The first-order valence-electron chi connectivity index (χ1n) is 6.73. The number of aromatic nitrogens is 2. The van der Waals surface area contributed by atoms with Crippen LogP contribution in [0.25, 0.3) is 0 Å². The molecule has 0 aliphatic rings. The molecule has 0 amide bonds. The third kappa shape index (κ3) is 3.93. The molecule has 0 bridgehead atoms. The lowest BCUT2D eigenvalue weighted by Gasteiger charge is -2.11. The van der Waals surface area contributed by atoms with Gasteiger partial charge in [-0.15, -0.1) is 0 Å². The minimum atomic E-state index is 0.565. The van der Waals surface area contributed by atoms with Gasteiger partial charge in [-0.25, -0.2) is 9.97 Å². The summed E-state index contributed by atoms with van der Waals surface area (Å²) in [7, 11) is 1.69. The standard InChI is InChI=1S/C15H20N4O/c1-3-8-16-14-9-15(18-11-17-14)19-13-7-5-4-6-12(13)10-20-2/h4-7,9,11H,3,8,10H2,1-2H3,(H2,16,17,18,19). The topological polar surface area (TPSA) is 59.1 Å². The lowest BCUT2D eigenvalue weighted by atomic mass is 10.2. The first kappa shape index (κ1) is 14.3. The second kappa shape index (κ2) is 7.45. The molecule has 0 atom stereocenters. The van der Waals surface area contributed by atoms with Crippen LogP contribution in [-0.4, -0.2) is 23.6 Å². The summed E-state index contributed by atoms with van der Waals surface area (Å²) in [5.41, 5.74) is 2.09. The van der Waals surface area contributed by atoms with Crippen LogP contribution in [0.1, 0.15) is 18.9 Å². The Kier molecular flexibility index (Phi) is 5.32. The third-order valence-electron chi connectivity index (χ3n) is 2.80. The van der Waals surface area contributed by atoms with Crippen molar-refractivity contribution >= 4 is 17.3 Å². The van der Waals surface area contributed by atoms with Crippen molar-refractivity contribution in [1.29, 1.82) is 0 Å². The fraction of sp³-hybridized carbons (Fsp3) is 0.333. The Hall–Kier alpha value is -2.14. The molecule has 0 spiro atoms. The van der Waals surface area contributed by atoms with Gasteiger partial charge in [0.25, 0.3) is 0 Å². The number of ether oxygens (including phenoxy) is 1. The summed E-state index contributed by atoms with van der Waals surface area (Å²) < 4.78 is 5.20. The molecular weight excluding hydrogens is 252 g/mol. The van der Waals surface area contributed by atoms with Gasteiger partial charge >= 0.3 is 0 Å². The van der Waals surface area contributed by atoms with E-state index in [9.17, 15) is 0 Å². The molecule has 5 heteroatoms.